The van der Waals surface area contributed by atoms with E-state index in [4.69, 9.17) is 5.26 Å². The Morgan fingerprint density at radius 2 is 2.08 bits per heavy atom. The van der Waals surface area contributed by atoms with Gasteiger partial charge in [-0.3, -0.25) is 9.59 Å². The maximum atomic E-state index is 12.6. The molecule has 122 valence electrons. The van der Waals surface area contributed by atoms with Crippen molar-refractivity contribution in [2.45, 2.75) is 6.18 Å². The second kappa shape index (κ2) is 5.68. The van der Waals surface area contributed by atoms with Gasteiger partial charge >= 0.3 is 6.18 Å². The number of nitriles is 1. The fraction of sp³-hybridized carbons (Fsp3) is 0.143. The van der Waals surface area contributed by atoms with Crippen LogP contribution in [0.4, 0.5) is 18.9 Å². The molecule has 1 aliphatic rings. The summed E-state index contributed by atoms with van der Waals surface area (Å²) < 4.78 is 37.9. The predicted octanol–water partition coefficient (Wildman–Crippen LogP) is 2.40. The van der Waals surface area contributed by atoms with Crippen molar-refractivity contribution < 1.29 is 18.0 Å². The SMILES string of the molecule is N#CC1=C(Nc2ccc3nc(C(F)(F)F)[nH]c(=O)c3c2)SCC1=O. The van der Waals surface area contributed by atoms with Crippen molar-refractivity contribution in [2.75, 3.05) is 11.1 Å². The molecule has 1 aromatic carbocycles. The number of ketones is 1. The summed E-state index contributed by atoms with van der Waals surface area (Å²) >= 11 is 1.14. The summed E-state index contributed by atoms with van der Waals surface area (Å²) in [6, 6.07) is 5.79. The number of aromatic amines is 1. The average molecular weight is 352 g/mol. The molecule has 2 N–H and O–H groups in total. The van der Waals surface area contributed by atoms with Crippen LogP contribution in [0.5, 0.6) is 0 Å². The number of carbonyl (C=O) groups is 1. The van der Waals surface area contributed by atoms with Gasteiger partial charge in [-0.2, -0.15) is 18.4 Å². The fourth-order valence-corrected chi connectivity index (χ4v) is 3.02. The van der Waals surface area contributed by atoms with Gasteiger partial charge in [-0.05, 0) is 18.2 Å². The van der Waals surface area contributed by atoms with Crippen LogP contribution >= 0.6 is 11.8 Å². The first-order valence-corrected chi connectivity index (χ1v) is 7.47. The van der Waals surface area contributed by atoms with Crippen LogP contribution in [0.1, 0.15) is 5.82 Å². The molecule has 0 saturated heterocycles. The van der Waals surface area contributed by atoms with Gasteiger partial charge in [-0.1, -0.05) is 11.8 Å². The summed E-state index contributed by atoms with van der Waals surface area (Å²) in [4.78, 5) is 28.4. The maximum Gasteiger partial charge on any atom is 0.449 e. The number of hydrogen-bond donors (Lipinski definition) is 2. The topological polar surface area (TPSA) is 98.6 Å². The van der Waals surface area contributed by atoms with Gasteiger partial charge in [0.15, 0.2) is 5.78 Å². The molecular formula is C14H7F3N4O2S. The first-order valence-electron chi connectivity index (χ1n) is 6.48. The van der Waals surface area contributed by atoms with E-state index < -0.39 is 17.6 Å². The molecule has 3 rings (SSSR count). The number of alkyl halides is 3. The van der Waals surface area contributed by atoms with Gasteiger partial charge in [0, 0.05) is 5.69 Å². The van der Waals surface area contributed by atoms with Crippen LogP contribution in [0.15, 0.2) is 33.6 Å². The number of anilines is 1. The smallest absolute Gasteiger partial charge is 0.349 e. The molecule has 0 spiro atoms. The van der Waals surface area contributed by atoms with Gasteiger partial charge in [0.1, 0.15) is 11.6 Å². The van der Waals surface area contributed by atoms with Crippen LogP contribution in [0.25, 0.3) is 10.9 Å². The third-order valence-corrected chi connectivity index (χ3v) is 4.20. The maximum absolute atomic E-state index is 12.6. The van der Waals surface area contributed by atoms with Crippen molar-refractivity contribution in [1.29, 1.82) is 5.26 Å². The van der Waals surface area contributed by atoms with Gasteiger partial charge in [-0.15, -0.1) is 0 Å². The Hall–Kier alpha value is -2.80. The minimum Gasteiger partial charge on any atom is -0.349 e. The van der Waals surface area contributed by atoms with Crippen molar-refractivity contribution in [3.8, 4) is 6.07 Å². The van der Waals surface area contributed by atoms with Gasteiger partial charge in [0.05, 0.1) is 21.7 Å². The van der Waals surface area contributed by atoms with Crippen molar-refractivity contribution in [2.24, 2.45) is 0 Å². The Bertz CT molecular complexity index is 988. The number of halogens is 3. The number of H-pyrrole nitrogens is 1. The summed E-state index contributed by atoms with van der Waals surface area (Å²) in [7, 11) is 0. The molecule has 24 heavy (non-hydrogen) atoms. The van der Waals surface area contributed by atoms with Crippen molar-refractivity contribution in [3.63, 3.8) is 0 Å². The zero-order valence-corrected chi connectivity index (χ0v) is 12.5. The van der Waals surface area contributed by atoms with E-state index in [1.165, 1.54) is 18.2 Å². The molecule has 0 unspecified atom stereocenters. The monoisotopic (exact) mass is 352 g/mol. The van der Waals surface area contributed by atoms with Crippen molar-refractivity contribution >= 4 is 34.1 Å². The lowest BCUT2D eigenvalue weighted by molar-refractivity contribution is -0.144. The minimum atomic E-state index is -4.75. The summed E-state index contributed by atoms with van der Waals surface area (Å²) in [5, 5.41) is 12.1. The van der Waals surface area contributed by atoms with E-state index in [-0.39, 0.29) is 28.0 Å². The van der Waals surface area contributed by atoms with E-state index in [1.54, 1.807) is 11.1 Å². The van der Waals surface area contributed by atoms with E-state index in [9.17, 15) is 22.8 Å². The van der Waals surface area contributed by atoms with Crippen molar-refractivity contribution in [1.82, 2.24) is 9.97 Å². The third-order valence-electron chi connectivity index (χ3n) is 3.20. The first-order chi connectivity index (χ1) is 11.3. The number of nitrogens with one attached hydrogen (secondary N) is 2. The van der Waals surface area contributed by atoms with Gasteiger partial charge < -0.3 is 10.3 Å². The Balaban J connectivity index is 2.03. The molecule has 0 amide bonds. The van der Waals surface area contributed by atoms with Crippen LogP contribution in [0, 0.1) is 11.3 Å². The molecule has 0 bridgehead atoms. The zero-order chi connectivity index (χ0) is 17.5. The lowest BCUT2D eigenvalue weighted by Crippen LogP contribution is -2.19. The number of thioether (sulfide) groups is 1. The number of rotatable bonds is 2. The minimum absolute atomic E-state index is 0.0143. The standard InChI is InChI=1S/C14H7F3N4O2S/c15-14(16,17)13-20-9-2-1-6(3-7(9)11(23)21-13)19-12-8(4-18)10(22)5-24-12/h1-3,19H,5H2,(H,20,21,23). The van der Waals surface area contributed by atoms with Crippen LogP contribution in [-0.2, 0) is 11.0 Å². The highest BCUT2D eigenvalue weighted by atomic mass is 32.2. The number of allylic oxidation sites excluding steroid dienone is 1. The summed E-state index contributed by atoms with van der Waals surface area (Å²) in [6.45, 7) is 0. The summed E-state index contributed by atoms with van der Waals surface area (Å²) in [6.07, 6.45) is -4.75. The molecule has 6 nitrogen and oxygen atoms in total. The van der Waals surface area contributed by atoms with Crippen LogP contribution in [-0.4, -0.2) is 21.5 Å². The summed E-state index contributed by atoms with van der Waals surface area (Å²) in [5.41, 5.74) is -0.694. The zero-order valence-electron chi connectivity index (χ0n) is 11.7. The Labute approximate surface area is 136 Å². The molecule has 1 aromatic heterocycles. The largest absolute Gasteiger partial charge is 0.449 e. The highest BCUT2D eigenvalue weighted by Gasteiger charge is 2.34. The molecule has 2 heterocycles. The third kappa shape index (κ3) is 2.85. The number of fused-ring (bicyclic) bond motifs is 1. The van der Waals surface area contributed by atoms with Crippen molar-refractivity contribution in [3.05, 3.63) is 45.0 Å². The number of aromatic nitrogens is 2. The van der Waals surface area contributed by atoms with Gasteiger partial charge in [0.25, 0.3) is 5.56 Å². The number of carbonyl (C=O) groups excluding carboxylic acids is 1. The predicted molar refractivity (Wildman–Crippen MR) is 81.1 cm³/mol. The molecule has 1 aliphatic heterocycles. The molecule has 0 saturated carbocycles. The first kappa shape index (κ1) is 16.1. The molecule has 0 aliphatic carbocycles. The normalized spacial score (nSPS) is 15.0. The van der Waals surface area contributed by atoms with Crippen LogP contribution in [0.3, 0.4) is 0 Å². The summed E-state index contributed by atoms with van der Waals surface area (Å²) in [5.74, 6) is -1.54. The second-order valence-corrected chi connectivity index (χ2v) is 5.78. The fourth-order valence-electron chi connectivity index (χ4n) is 2.10. The lowest BCUT2D eigenvalue weighted by atomic mass is 10.2. The Morgan fingerprint density at radius 1 is 1.33 bits per heavy atom. The number of Topliss-reactive ketones (excluding diaryl/α,β-unsaturated/α-hetero) is 1. The number of hydrogen-bond acceptors (Lipinski definition) is 6. The lowest BCUT2D eigenvalue weighted by Gasteiger charge is -2.09. The van der Waals surface area contributed by atoms with E-state index >= 15 is 0 Å². The quantitative estimate of drug-likeness (QED) is 0.861. The highest BCUT2D eigenvalue weighted by molar-refractivity contribution is 8.04. The van der Waals surface area contributed by atoms with Gasteiger partial charge in [0.2, 0.25) is 5.82 Å². The molecule has 10 heteroatoms. The molecule has 2 aromatic rings. The van der Waals surface area contributed by atoms with E-state index in [1.807, 2.05) is 0 Å². The molecule has 0 radical (unpaired) electrons. The van der Waals surface area contributed by atoms with E-state index in [2.05, 4.69) is 10.3 Å². The van der Waals surface area contributed by atoms with Crippen LogP contribution in [0.2, 0.25) is 0 Å². The molecule has 0 fully saturated rings. The number of nitrogens with zero attached hydrogens (tertiary/aromatic N) is 2. The van der Waals surface area contributed by atoms with E-state index in [0.717, 1.165) is 11.8 Å². The second-order valence-electron chi connectivity index (χ2n) is 4.80. The highest BCUT2D eigenvalue weighted by Crippen LogP contribution is 2.31. The van der Waals surface area contributed by atoms with Gasteiger partial charge in [-0.25, -0.2) is 4.98 Å². The average Bonchev–Trinajstić information content (AvgIpc) is 2.86. The Kier molecular flexibility index (Phi) is 3.81. The molecule has 0 atom stereocenters. The van der Waals surface area contributed by atoms with E-state index in [0.29, 0.717) is 10.7 Å². The number of benzene rings is 1. The Morgan fingerprint density at radius 3 is 2.75 bits per heavy atom. The molecular weight excluding hydrogens is 345 g/mol. The van der Waals surface area contributed by atoms with Crippen LogP contribution < -0.4 is 10.9 Å².